The number of nitrogens with one attached hydrogen (secondary N) is 1. The first-order valence-corrected chi connectivity index (χ1v) is 14.1. The molecule has 12 heteroatoms. The molecule has 3 fully saturated rings. The molecule has 40 heavy (non-hydrogen) atoms. The minimum absolute atomic E-state index is 0.0316. The first-order chi connectivity index (χ1) is 19.5. The van der Waals surface area contributed by atoms with Crippen molar-refractivity contribution in [3.05, 3.63) is 41.6 Å². The van der Waals surface area contributed by atoms with Crippen LogP contribution in [0.5, 0.6) is 0 Å². The molecule has 2 N–H and O–H groups in total. The van der Waals surface area contributed by atoms with Gasteiger partial charge in [-0.15, -0.1) is 0 Å². The van der Waals surface area contributed by atoms with Crippen LogP contribution in [0.1, 0.15) is 43.0 Å². The fourth-order valence-electron chi connectivity index (χ4n) is 6.03. The van der Waals surface area contributed by atoms with Gasteiger partial charge in [-0.1, -0.05) is 12.1 Å². The number of anilines is 4. The van der Waals surface area contributed by atoms with Gasteiger partial charge in [0.25, 0.3) is 0 Å². The Kier molecular flexibility index (Phi) is 6.26. The van der Waals surface area contributed by atoms with Gasteiger partial charge in [0.1, 0.15) is 17.5 Å². The number of piperidine rings is 1. The van der Waals surface area contributed by atoms with Crippen LogP contribution in [-0.4, -0.2) is 81.7 Å². The number of hydrogen-bond acceptors (Lipinski definition) is 9. The Morgan fingerprint density at radius 3 is 2.62 bits per heavy atom. The van der Waals surface area contributed by atoms with Crippen molar-refractivity contribution in [3.8, 4) is 0 Å². The summed E-state index contributed by atoms with van der Waals surface area (Å²) in [6.45, 7) is 7.89. The summed E-state index contributed by atoms with van der Waals surface area (Å²) in [6.07, 6.45) is 2.99. The number of aryl methyl sites for hydroxylation is 1. The number of rotatable bonds is 5. The van der Waals surface area contributed by atoms with Gasteiger partial charge in [0, 0.05) is 50.2 Å². The van der Waals surface area contributed by atoms with E-state index in [0.29, 0.717) is 18.7 Å². The molecule has 0 bridgehead atoms. The molecule has 0 spiro atoms. The van der Waals surface area contributed by atoms with E-state index in [0.717, 1.165) is 91.7 Å². The summed E-state index contributed by atoms with van der Waals surface area (Å²) in [5.41, 5.74) is 3.53. The van der Waals surface area contributed by atoms with Crippen molar-refractivity contribution < 1.29 is 14.6 Å². The molecule has 3 aromatic heterocycles. The molecule has 1 unspecified atom stereocenters. The summed E-state index contributed by atoms with van der Waals surface area (Å²) in [5, 5.41) is 17.8. The monoisotopic (exact) mass is 543 g/mol. The Morgan fingerprint density at radius 1 is 1.00 bits per heavy atom. The maximum atomic E-state index is 11.5. The molecule has 6 heterocycles. The maximum Gasteiger partial charge on any atom is 0.411 e. The van der Waals surface area contributed by atoms with Crippen molar-refractivity contribution in [1.82, 2.24) is 24.6 Å². The van der Waals surface area contributed by atoms with Crippen molar-refractivity contribution in [2.75, 3.05) is 66.0 Å². The molecule has 0 radical (unpaired) electrons. The molecule has 1 atom stereocenters. The molecule has 0 aliphatic carbocycles. The second kappa shape index (κ2) is 10.1. The average molecular weight is 544 g/mol. The second-order valence-corrected chi connectivity index (χ2v) is 10.7. The van der Waals surface area contributed by atoms with Crippen molar-refractivity contribution in [2.45, 2.75) is 38.6 Å². The lowest BCUT2D eigenvalue weighted by atomic mass is 9.98. The number of benzene rings is 1. The molecule has 208 valence electrons. The first-order valence-electron chi connectivity index (χ1n) is 14.1. The zero-order valence-electron chi connectivity index (χ0n) is 22.6. The highest BCUT2D eigenvalue weighted by molar-refractivity contribution is 5.94. The van der Waals surface area contributed by atoms with Gasteiger partial charge in [-0.2, -0.15) is 14.6 Å². The number of carbonyl (C=O) groups is 1. The van der Waals surface area contributed by atoms with Crippen LogP contribution in [0.15, 0.2) is 30.3 Å². The highest BCUT2D eigenvalue weighted by Gasteiger charge is 2.31. The Labute approximate surface area is 231 Å². The van der Waals surface area contributed by atoms with Crippen LogP contribution in [0, 0.1) is 6.92 Å². The van der Waals surface area contributed by atoms with Crippen LogP contribution in [0.2, 0.25) is 0 Å². The third-order valence-corrected chi connectivity index (χ3v) is 8.18. The highest BCUT2D eigenvalue weighted by atomic mass is 16.5. The quantitative estimate of drug-likeness (QED) is 0.384. The third kappa shape index (κ3) is 4.41. The van der Waals surface area contributed by atoms with E-state index in [1.165, 1.54) is 6.42 Å². The fourth-order valence-corrected chi connectivity index (χ4v) is 6.03. The molecule has 3 saturated heterocycles. The highest BCUT2D eigenvalue weighted by Crippen LogP contribution is 2.39. The predicted molar refractivity (Wildman–Crippen MR) is 153 cm³/mol. The van der Waals surface area contributed by atoms with Crippen molar-refractivity contribution >= 4 is 46.0 Å². The van der Waals surface area contributed by atoms with Crippen LogP contribution in [0.25, 0.3) is 16.6 Å². The lowest BCUT2D eigenvalue weighted by Crippen LogP contribution is -2.40. The average Bonchev–Trinajstić information content (AvgIpc) is 3.36. The first kappa shape index (κ1) is 24.8. The van der Waals surface area contributed by atoms with E-state index in [-0.39, 0.29) is 12.0 Å². The normalized spacial score (nSPS) is 19.7. The number of nitrogens with zero attached hydrogens (tertiary/aromatic N) is 8. The predicted octanol–water partition coefficient (Wildman–Crippen LogP) is 3.85. The van der Waals surface area contributed by atoms with E-state index in [9.17, 15) is 9.90 Å². The zero-order valence-corrected chi connectivity index (χ0v) is 22.6. The molecule has 4 aromatic rings. The molecular weight excluding hydrogens is 510 g/mol. The SMILES string of the molecule is Cc1cccc2nc(NC(=O)O)nc(N3CCCCC3c3cc4nc(N5CCC5)cc(N5CCOCC5)n4n3)c12. The van der Waals surface area contributed by atoms with Crippen LogP contribution >= 0.6 is 0 Å². The molecule has 0 saturated carbocycles. The Balaban J connectivity index is 1.34. The summed E-state index contributed by atoms with van der Waals surface area (Å²) in [4.78, 5) is 32.7. The Morgan fingerprint density at radius 2 is 1.85 bits per heavy atom. The summed E-state index contributed by atoms with van der Waals surface area (Å²) in [5.74, 6) is 2.85. The van der Waals surface area contributed by atoms with E-state index in [1.54, 1.807) is 0 Å². The molecule has 7 rings (SSSR count). The number of amides is 1. The van der Waals surface area contributed by atoms with Crippen LogP contribution in [0.4, 0.5) is 28.2 Å². The molecule has 1 amide bonds. The summed E-state index contributed by atoms with van der Waals surface area (Å²) < 4.78 is 7.61. The lowest BCUT2D eigenvalue weighted by molar-refractivity contribution is 0.122. The minimum Gasteiger partial charge on any atom is -0.465 e. The number of ether oxygens (including phenoxy) is 1. The molecular formula is C28H33N9O3. The van der Waals surface area contributed by atoms with Crippen LogP contribution in [0.3, 0.4) is 0 Å². The van der Waals surface area contributed by atoms with Gasteiger partial charge >= 0.3 is 6.09 Å². The molecule has 3 aliphatic rings. The van der Waals surface area contributed by atoms with Crippen molar-refractivity contribution in [1.29, 1.82) is 0 Å². The number of fused-ring (bicyclic) bond motifs is 2. The third-order valence-electron chi connectivity index (χ3n) is 8.18. The van der Waals surface area contributed by atoms with E-state index < -0.39 is 6.09 Å². The maximum absolute atomic E-state index is 11.5. The van der Waals surface area contributed by atoms with E-state index in [4.69, 9.17) is 19.8 Å². The number of hydrogen-bond donors (Lipinski definition) is 2. The van der Waals surface area contributed by atoms with Gasteiger partial charge in [-0.25, -0.2) is 14.8 Å². The number of aromatic nitrogens is 5. The van der Waals surface area contributed by atoms with Gasteiger partial charge in [0.15, 0.2) is 5.65 Å². The van der Waals surface area contributed by atoms with E-state index in [2.05, 4.69) is 37.1 Å². The number of carboxylic acid groups (broad SMARTS) is 1. The number of morpholine rings is 1. The standard InChI is InChI=1S/C28H33N9O3/c1-18-6-4-7-19-25(18)26(31-27(29-19)32-28(38)39)36-11-3-2-8-21(36)20-16-23-30-22(34-9-5-10-34)17-24(37(23)33-20)35-12-14-40-15-13-35/h4,6-7,16-17,21H,2-3,5,8-15H2,1H3,(H,38,39)(H,29,31,32). The smallest absolute Gasteiger partial charge is 0.411 e. The van der Waals surface area contributed by atoms with E-state index >= 15 is 0 Å². The van der Waals surface area contributed by atoms with Crippen molar-refractivity contribution in [3.63, 3.8) is 0 Å². The summed E-state index contributed by atoms with van der Waals surface area (Å²) in [7, 11) is 0. The topological polar surface area (TPSA) is 124 Å². The fraction of sp³-hybridized carbons (Fsp3) is 0.464. The van der Waals surface area contributed by atoms with Crippen LogP contribution in [-0.2, 0) is 4.74 Å². The van der Waals surface area contributed by atoms with Gasteiger partial charge in [-0.3, -0.25) is 5.32 Å². The van der Waals surface area contributed by atoms with Gasteiger partial charge in [0.05, 0.1) is 30.5 Å². The Hall–Kier alpha value is -4.19. The van der Waals surface area contributed by atoms with Crippen LogP contribution < -0.4 is 20.0 Å². The van der Waals surface area contributed by atoms with Crippen molar-refractivity contribution in [2.24, 2.45) is 0 Å². The summed E-state index contributed by atoms with van der Waals surface area (Å²) >= 11 is 0. The minimum atomic E-state index is -1.19. The Bertz CT molecular complexity index is 1580. The molecule has 1 aromatic carbocycles. The van der Waals surface area contributed by atoms with Gasteiger partial charge in [-0.05, 0) is 44.2 Å². The van der Waals surface area contributed by atoms with E-state index in [1.807, 2.05) is 29.6 Å². The lowest BCUT2D eigenvalue weighted by Gasteiger charge is -2.36. The largest absolute Gasteiger partial charge is 0.465 e. The molecule has 3 aliphatic heterocycles. The zero-order chi connectivity index (χ0) is 27.2. The van der Waals surface area contributed by atoms with Gasteiger partial charge < -0.3 is 24.5 Å². The molecule has 12 nitrogen and oxygen atoms in total. The second-order valence-electron chi connectivity index (χ2n) is 10.7. The summed E-state index contributed by atoms with van der Waals surface area (Å²) in [6, 6.07) is 10.1. The van der Waals surface area contributed by atoms with Gasteiger partial charge in [0.2, 0.25) is 5.95 Å².